The Labute approximate surface area is 131 Å². The summed E-state index contributed by atoms with van der Waals surface area (Å²) >= 11 is 10.6. The summed E-state index contributed by atoms with van der Waals surface area (Å²) in [6.45, 7) is 0. The SMILES string of the molecule is NC(=S)C(C(=O)Nc1cccc(Cl)c1F)c1ccccc1. The molecule has 0 saturated carbocycles. The molecule has 0 aliphatic carbocycles. The zero-order valence-corrected chi connectivity index (χ0v) is 12.4. The molecule has 0 radical (unpaired) electrons. The van der Waals surface area contributed by atoms with Crippen LogP contribution in [0.4, 0.5) is 10.1 Å². The lowest BCUT2D eigenvalue weighted by molar-refractivity contribution is -0.116. The quantitative estimate of drug-likeness (QED) is 0.847. The molecule has 108 valence electrons. The summed E-state index contributed by atoms with van der Waals surface area (Å²) in [5.41, 5.74) is 6.28. The maximum Gasteiger partial charge on any atom is 0.238 e. The summed E-state index contributed by atoms with van der Waals surface area (Å²) in [7, 11) is 0. The molecule has 21 heavy (non-hydrogen) atoms. The second-order valence-electron chi connectivity index (χ2n) is 4.34. The molecule has 0 aliphatic heterocycles. The summed E-state index contributed by atoms with van der Waals surface area (Å²) < 4.78 is 13.8. The van der Waals surface area contributed by atoms with E-state index >= 15 is 0 Å². The average molecular weight is 323 g/mol. The van der Waals surface area contributed by atoms with Crippen LogP contribution in [0.15, 0.2) is 48.5 Å². The van der Waals surface area contributed by atoms with Gasteiger partial charge in [-0.25, -0.2) is 4.39 Å². The number of carbonyl (C=O) groups is 1. The number of amides is 1. The number of benzene rings is 2. The fourth-order valence-electron chi connectivity index (χ4n) is 1.90. The van der Waals surface area contributed by atoms with E-state index in [2.05, 4.69) is 5.32 Å². The number of anilines is 1. The molecule has 2 aromatic carbocycles. The number of hydrogen-bond donors (Lipinski definition) is 2. The number of hydrogen-bond acceptors (Lipinski definition) is 2. The zero-order valence-electron chi connectivity index (χ0n) is 10.8. The highest BCUT2D eigenvalue weighted by molar-refractivity contribution is 7.80. The van der Waals surface area contributed by atoms with Crippen molar-refractivity contribution in [3.05, 3.63) is 64.9 Å². The minimum absolute atomic E-state index is 0.00955. The van der Waals surface area contributed by atoms with Crippen molar-refractivity contribution >= 4 is 40.4 Å². The third kappa shape index (κ3) is 3.56. The summed E-state index contributed by atoms with van der Waals surface area (Å²) in [6.07, 6.45) is 0. The third-order valence-electron chi connectivity index (χ3n) is 2.89. The van der Waals surface area contributed by atoms with Crippen LogP contribution in [0.1, 0.15) is 11.5 Å². The summed E-state index contributed by atoms with van der Waals surface area (Å²) in [6, 6.07) is 13.2. The van der Waals surface area contributed by atoms with Gasteiger partial charge in [-0.3, -0.25) is 4.79 Å². The number of thiocarbonyl (C=S) groups is 1. The predicted molar refractivity (Wildman–Crippen MR) is 86.0 cm³/mol. The lowest BCUT2D eigenvalue weighted by atomic mass is 9.98. The van der Waals surface area contributed by atoms with Crippen LogP contribution in [0.25, 0.3) is 0 Å². The van der Waals surface area contributed by atoms with Crippen molar-refractivity contribution in [1.29, 1.82) is 0 Å². The fraction of sp³-hybridized carbons (Fsp3) is 0.0667. The molecule has 0 spiro atoms. The van der Waals surface area contributed by atoms with Gasteiger partial charge in [0.1, 0.15) is 5.92 Å². The lowest BCUT2D eigenvalue weighted by Crippen LogP contribution is -2.31. The molecule has 0 fully saturated rings. The molecule has 2 aromatic rings. The summed E-state index contributed by atoms with van der Waals surface area (Å²) in [4.78, 5) is 12.3. The minimum atomic E-state index is -0.834. The van der Waals surface area contributed by atoms with Crippen LogP contribution in [-0.2, 0) is 4.79 Å². The van der Waals surface area contributed by atoms with Crippen molar-refractivity contribution in [3.63, 3.8) is 0 Å². The largest absolute Gasteiger partial charge is 0.392 e. The van der Waals surface area contributed by atoms with Gasteiger partial charge >= 0.3 is 0 Å². The Balaban J connectivity index is 2.28. The van der Waals surface area contributed by atoms with Crippen LogP contribution in [0.5, 0.6) is 0 Å². The van der Waals surface area contributed by atoms with Gasteiger partial charge < -0.3 is 11.1 Å². The Morgan fingerprint density at radius 3 is 2.48 bits per heavy atom. The van der Waals surface area contributed by atoms with Gasteiger partial charge in [0.2, 0.25) is 5.91 Å². The molecule has 3 N–H and O–H groups in total. The molecule has 0 aliphatic rings. The van der Waals surface area contributed by atoms with Crippen LogP contribution in [0.2, 0.25) is 5.02 Å². The van der Waals surface area contributed by atoms with Gasteiger partial charge in [-0.05, 0) is 17.7 Å². The maximum absolute atomic E-state index is 13.8. The normalized spacial score (nSPS) is 11.7. The van der Waals surface area contributed by atoms with E-state index in [0.717, 1.165) is 0 Å². The average Bonchev–Trinajstić information content (AvgIpc) is 2.45. The van der Waals surface area contributed by atoms with E-state index in [1.54, 1.807) is 30.3 Å². The first-order valence-electron chi connectivity index (χ1n) is 6.10. The highest BCUT2D eigenvalue weighted by Gasteiger charge is 2.24. The van der Waals surface area contributed by atoms with Crippen molar-refractivity contribution in [2.24, 2.45) is 5.73 Å². The molecule has 0 aromatic heterocycles. The van der Waals surface area contributed by atoms with Gasteiger partial charge in [0, 0.05) is 0 Å². The van der Waals surface area contributed by atoms with Gasteiger partial charge in [-0.1, -0.05) is 60.2 Å². The number of rotatable bonds is 4. The van der Waals surface area contributed by atoms with Gasteiger partial charge in [-0.2, -0.15) is 0 Å². The number of nitrogens with two attached hydrogens (primary N) is 1. The van der Waals surface area contributed by atoms with E-state index in [4.69, 9.17) is 29.6 Å². The van der Waals surface area contributed by atoms with Gasteiger partial charge in [0.25, 0.3) is 0 Å². The van der Waals surface area contributed by atoms with Crippen LogP contribution >= 0.6 is 23.8 Å². The summed E-state index contributed by atoms with van der Waals surface area (Å²) in [5, 5.41) is 2.40. The Morgan fingerprint density at radius 2 is 1.86 bits per heavy atom. The van der Waals surface area contributed by atoms with Crippen molar-refractivity contribution in [2.45, 2.75) is 5.92 Å². The number of nitrogens with one attached hydrogen (secondary N) is 1. The van der Waals surface area contributed by atoms with E-state index in [-0.39, 0.29) is 15.7 Å². The molecule has 0 bridgehead atoms. The highest BCUT2D eigenvalue weighted by Crippen LogP contribution is 2.24. The molecule has 1 atom stereocenters. The molecule has 1 amide bonds. The predicted octanol–water partition coefficient (Wildman–Crippen LogP) is 3.49. The standard InChI is InChI=1S/C15H12ClFN2OS/c16-10-7-4-8-11(13(10)17)19-15(20)12(14(18)21)9-5-2-1-3-6-9/h1-8,12H,(H2,18,21)(H,19,20). The van der Waals surface area contributed by atoms with E-state index < -0.39 is 17.6 Å². The molecule has 0 heterocycles. The third-order valence-corrected chi connectivity index (χ3v) is 3.42. The Kier molecular flexibility index (Phi) is 4.88. The fourth-order valence-corrected chi connectivity index (χ4v) is 2.31. The molecule has 2 rings (SSSR count). The number of halogens is 2. The van der Waals surface area contributed by atoms with E-state index in [9.17, 15) is 9.18 Å². The first-order valence-corrected chi connectivity index (χ1v) is 6.88. The Hall–Kier alpha value is -1.98. The van der Waals surface area contributed by atoms with Crippen molar-refractivity contribution < 1.29 is 9.18 Å². The van der Waals surface area contributed by atoms with Crippen LogP contribution in [0, 0.1) is 5.82 Å². The molecule has 1 unspecified atom stereocenters. The van der Waals surface area contributed by atoms with Gasteiger partial charge in [0.15, 0.2) is 5.82 Å². The molecular weight excluding hydrogens is 311 g/mol. The molecule has 3 nitrogen and oxygen atoms in total. The summed E-state index contributed by atoms with van der Waals surface area (Å²) in [5.74, 6) is -2.03. The van der Waals surface area contributed by atoms with Crippen LogP contribution in [-0.4, -0.2) is 10.9 Å². The first kappa shape index (κ1) is 15.4. The monoisotopic (exact) mass is 322 g/mol. The zero-order chi connectivity index (χ0) is 15.4. The van der Waals surface area contributed by atoms with E-state index in [1.165, 1.54) is 12.1 Å². The lowest BCUT2D eigenvalue weighted by Gasteiger charge is -2.16. The second kappa shape index (κ2) is 6.65. The van der Waals surface area contributed by atoms with Crippen LogP contribution < -0.4 is 11.1 Å². The Morgan fingerprint density at radius 1 is 1.19 bits per heavy atom. The number of carbonyl (C=O) groups excluding carboxylic acids is 1. The van der Waals surface area contributed by atoms with Crippen molar-refractivity contribution in [2.75, 3.05) is 5.32 Å². The van der Waals surface area contributed by atoms with Crippen LogP contribution in [0.3, 0.4) is 0 Å². The first-order chi connectivity index (χ1) is 10.0. The van der Waals surface area contributed by atoms with Gasteiger partial charge in [0.05, 0.1) is 15.7 Å². The minimum Gasteiger partial charge on any atom is -0.392 e. The molecule has 0 saturated heterocycles. The maximum atomic E-state index is 13.8. The van der Waals surface area contributed by atoms with E-state index in [1.807, 2.05) is 6.07 Å². The van der Waals surface area contributed by atoms with Crippen molar-refractivity contribution in [1.82, 2.24) is 0 Å². The van der Waals surface area contributed by atoms with E-state index in [0.29, 0.717) is 5.56 Å². The highest BCUT2D eigenvalue weighted by atomic mass is 35.5. The van der Waals surface area contributed by atoms with Gasteiger partial charge in [-0.15, -0.1) is 0 Å². The molecule has 6 heteroatoms. The topological polar surface area (TPSA) is 55.1 Å². The molecular formula is C15H12ClFN2OS. The van der Waals surface area contributed by atoms with Crippen molar-refractivity contribution in [3.8, 4) is 0 Å². The Bertz CT molecular complexity index is 679. The second-order valence-corrected chi connectivity index (χ2v) is 5.22. The smallest absolute Gasteiger partial charge is 0.238 e.